The quantitative estimate of drug-likeness (QED) is 0.848. The maximum atomic E-state index is 13.3. The van der Waals surface area contributed by atoms with Crippen molar-refractivity contribution in [2.24, 2.45) is 0 Å². The van der Waals surface area contributed by atoms with Crippen molar-refractivity contribution in [1.82, 2.24) is 5.32 Å². The molecule has 0 heterocycles. The Balaban J connectivity index is 2.17. The summed E-state index contributed by atoms with van der Waals surface area (Å²) in [7, 11) is 1.88. The molecule has 0 aliphatic heterocycles. The summed E-state index contributed by atoms with van der Waals surface area (Å²) in [5.74, 6) is -1.10. The van der Waals surface area contributed by atoms with E-state index in [0.29, 0.717) is 12.3 Å². The highest BCUT2D eigenvalue weighted by molar-refractivity contribution is 5.29. The fraction of sp³-hybridized carbons (Fsp3) is 0.333. The third-order valence-corrected chi connectivity index (χ3v) is 3.78. The van der Waals surface area contributed by atoms with Crippen molar-refractivity contribution in [3.05, 3.63) is 70.8 Å². The fourth-order valence-corrected chi connectivity index (χ4v) is 2.40. The van der Waals surface area contributed by atoms with E-state index in [9.17, 15) is 8.78 Å². The highest BCUT2D eigenvalue weighted by atomic mass is 19.2. The molecule has 0 aliphatic carbocycles. The lowest BCUT2D eigenvalue weighted by Crippen LogP contribution is -2.19. The molecule has 0 aliphatic rings. The van der Waals surface area contributed by atoms with Gasteiger partial charge in [0.2, 0.25) is 0 Å². The minimum atomic E-state index is -0.805. The zero-order chi connectivity index (χ0) is 15.4. The molecule has 0 radical (unpaired) electrons. The summed E-state index contributed by atoms with van der Waals surface area (Å²) in [4.78, 5) is 0. The van der Waals surface area contributed by atoms with Crippen LogP contribution in [-0.2, 0) is 6.42 Å². The van der Waals surface area contributed by atoms with Crippen LogP contribution >= 0.6 is 0 Å². The van der Waals surface area contributed by atoms with E-state index in [1.54, 1.807) is 6.07 Å². The number of rotatable bonds is 5. The standard InChI is InChI=1S/C18H21F2N/c1-12(2)14-5-7-15(8-6-14)18(21-3)11-13-4-9-16(19)17(20)10-13/h4-10,12,18,21H,11H2,1-3H3. The maximum absolute atomic E-state index is 13.3. The molecule has 0 fully saturated rings. The second-order valence-electron chi connectivity index (χ2n) is 5.62. The van der Waals surface area contributed by atoms with Crippen LogP contribution in [0.4, 0.5) is 8.78 Å². The van der Waals surface area contributed by atoms with Crippen LogP contribution in [0.3, 0.4) is 0 Å². The van der Waals surface area contributed by atoms with Gasteiger partial charge in [0.05, 0.1) is 0 Å². The zero-order valence-electron chi connectivity index (χ0n) is 12.7. The van der Waals surface area contributed by atoms with Crippen molar-refractivity contribution in [1.29, 1.82) is 0 Å². The zero-order valence-corrected chi connectivity index (χ0v) is 12.7. The van der Waals surface area contributed by atoms with Crippen LogP contribution in [0.1, 0.15) is 42.5 Å². The average Bonchev–Trinajstić information content (AvgIpc) is 2.48. The summed E-state index contributed by atoms with van der Waals surface area (Å²) in [5, 5.41) is 3.23. The molecular weight excluding hydrogens is 268 g/mol. The number of hydrogen-bond acceptors (Lipinski definition) is 1. The minimum absolute atomic E-state index is 0.0797. The molecule has 0 amide bonds. The number of likely N-dealkylation sites (N-methyl/N-ethyl adjacent to an activating group) is 1. The Morgan fingerprint density at radius 3 is 2.05 bits per heavy atom. The second kappa shape index (κ2) is 6.81. The van der Waals surface area contributed by atoms with Crippen molar-refractivity contribution >= 4 is 0 Å². The molecular formula is C18H21F2N. The largest absolute Gasteiger partial charge is 0.313 e. The van der Waals surface area contributed by atoms with Gasteiger partial charge in [0, 0.05) is 6.04 Å². The molecule has 0 saturated heterocycles. The van der Waals surface area contributed by atoms with Crippen molar-refractivity contribution in [2.75, 3.05) is 7.05 Å². The van der Waals surface area contributed by atoms with Gasteiger partial charge in [-0.3, -0.25) is 0 Å². The van der Waals surface area contributed by atoms with Gasteiger partial charge in [-0.1, -0.05) is 44.2 Å². The maximum Gasteiger partial charge on any atom is 0.159 e. The summed E-state index contributed by atoms with van der Waals surface area (Å²) in [6.07, 6.45) is 0.620. The third kappa shape index (κ3) is 3.88. The van der Waals surface area contributed by atoms with Gasteiger partial charge in [-0.05, 0) is 48.2 Å². The topological polar surface area (TPSA) is 12.0 Å². The van der Waals surface area contributed by atoms with E-state index in [1.807, 2.05) is 7.05 Å². The number of benzene rings is 2. The summed E-state index contributed by atoms with van der Waals surface area (Å²) < 4.78 is 26.3. The Labute approximate surface area is 125 Å². The van der Waals surface area contributed by atoms with Crippen LogP contribution in [0.25, 0.3) is 0 Å². The molecule has 0 saturated carbocycles. The normalized spacial score (nSPS) is 12.7. The molecule has 1 unspecified atom stereocenters. The van der Waals surface area contributed by atoms with Crippen LogP contribution in [0.15, 0.2) is 42.5 Å². The first kappa shape index (κ1) is 15.6. The number of nitrogens with one attached hydrogen (secondary N) is 1. The first-order valence-electron chi connectivity index (χ1n) is 7.22. The summed E-state index contributed by atoms with van der Waals surface area (Å²) >= 11 is 0. The molecule has 0 spiro atoms. The minimum Gasteiger partial charge on any atom is -0.313 e. The monoisotopic (exact) mass is 289 g/mol. The number of halogens is 2. The smallest absolute Gasteiger partial charge is 0.159 e. The molecule has 0 bridgehead atoms. The molecule has 1 nitrogen and oxygen atoms in total. The number of hydrogen-bond donors (Lipinski definition) is 1. The SMILES string of the molecule is CNC(Cc1ccc(F)c(F)c1)c1ccc(C(C)C)cc1. The molecule has 1 atom stereocenters. The van der Waals surface area contributed by atoms with E-state index in [-0.39, 0.29) is 6.04 Å². The van der Waals surface area contributed by atoms with E-state index in [1.165, 1.54) is 17.7 Å². The molecule has 2 aromatic rings. The Hall–Kier alpha value is -1.74. The first-order chi connectivity index (χ1) is 10.0. The average molecular weight is 289 g/mol. The molecule has 21 heavy (non-hydrogen) atoms. The second-order valence-corrected chi connectivity index (χ2v) is 5.62. The van der Waals surface area contributed by atoms with Crippen molar-refractivity contribution in [3.8, 4) is 0 Å². The van der Waals surface area contributed by atoms with Gasteiger partial charge >= 0.3 is 0 Å². The molecule has 3 heteroatoms. The Morgan fingerprint density at radius 2 is 1.52 bits per heavy atom. The molecule has 2 rings (SSSR count). The van der Waals surface area contributed by atoms with Gasteiger partial charge in [-0.25, -0.2) is 8.78 Å². The van der Waals surface area contributed by atoms with Crippen LogP contribution in [-0.4, -0.2) is 7.05 Å². The van der Waals surface area contributed by atoms with Gasteiger partial charge in [-0.2, -0.15) is 0 Å². The van der Waals surface area contributed by atoms with Crippen LogP contribution in [0.2, 0.25) is 0 Å². The lowest BCUT2D eigenvalue weighted by Gasteiger charge is -2.18. The lowest BCUT2D eigenvalue weighted by atomic mass is 9.95. The van der Waals surface area contributed by atoms with Gasteiger partial charge in [0.1, 0.15) is 0 Å². The predicted octanol–water partition coefficient (Wildman–Crippen LogP) is 4.59. The summed E-state index contributed by atoms with van der Waals surface area (Å²) in [6, 6.07) is 12.6. The van der Waals surface area contributed by atoms with Crippen LogP contribution in [0, 0.1) is 11.6 Å². The lowest BCUT2D eigenvalue weighted by molar-refractivity contribution is 0.504. The Kier molecular flexibility index (Phi) is 5.07. The van der Waals surface area contributed by atoms with Crippen LogP contribution in [0.5, 0.6) is 0 Å². The van der Waals surface area contributed by atoms with Gasteiger partial charge in [0.25, 0.3) is 0 Å². The predicted molar refractivity (Wildman–Crippen MR) is 82.4 cm³/mol. The van der Waals surface area contributed by atoms with Crippen molar-refractivity contribution in [3.63, 3.8) is 0 Å². The highest BCUT2D eigenvalue weighted by Crippen LogP contribution is 2.22. The van der Waals surface area contributed by atoms with Gasteiger partial charge in [0.15, 0.2) is 11.6 Å². The van der Waals surface area contributed by atoms with E-state index in [4.69, 9.17) is 0 Å². The molecule has 1 N–H and O–H groups in total. The van der Waals surface area contributed by atoms with Crippen LogP contribution < -0.4 is 5.32 Å². The summed E-state index contributed by atoms with van der Waals surface area (Å²) in [5.41, 5.74) is 3.22. The first-order valence-corrected chi connectivity index (χ1v) is 7.22. The van der Waals surface area contributed by atoms with Gasteiger partial charge < -0.3 is 5.32 Å². The molecule has 0 aromatic heterocycles. The summed E-state index contributed by atoms with van der Waals surface area (Å²) in [6.45, 7) is 4.32. The van der Waals surface area contributed by atoms with E-state index >= 15 is 0 Å². The third-order valence-electron chi connectivity index (χ3n) is 3.78. The Bertz CT molecular complexity index is 591. The van der Waals surface area contributed by atoms with E-state index in [0.717, 1.165) is 11.1 Å². The molecule has 2 aromatic carbocycles. The highest BCUT2D eigenvalue weighted by Gasteiger charge is 2.12. The van der Waals surface area contributed by atoms with Gasteiger partial charge in [-0.15, -0.1) is 0 Å². The molecule has 112 valence electrons. The van der Waals surface area contributed by atoms with Crippen molar-refractivity contribution < 1.29 is 8.78 Å². The van der Waals surface area contributed by atoms with E-state index < -0.39 is 11.6 Å². The van der Waals surface area contributed by atoms with E-state index in [2.05, 4.69) is 43.4 Å². The van der Waals surface area contributed by atoms with Crippen molar-refractivity contribution in [2.45, 2.75) is 32.2 Å². The fourth-order valence-electron chi connectivity index (χ4n) is 2.40. The Morgan fingerprint density at radius 1 is 0.905 bits per heavy atom.